The first kappa shape index (κ1) is 17.2. The number of amides is 1. The summed E-state index contributed by atoms with van der Waals surface area (Å²) < 4.78 is 5.45. The first-order valence-corrected chi connectivity index (χ1v) is 7.70. The summed E-state index contributed by atoms with van der Waals surface area (Å²) in [5.41, 5.74) is 0.146. The molecular formula is C16H23N3O4. The number of benzene rings is 1. The Morgan fingerprint density at radius 3 is 2.78 bits per heavy atom. The van der Waals surface area contributed by atoms with E-state index in [-0.39, 0.29) is 22.7 Å². The van der Waals surface area contributed by atoms with Crippen LogP contribution in [0.3, 0.4) is 0 Å². The summed E-state index contributed by atoms with van der Waals surface area (Å²) in [6, 6.07) is 6.48. The zero-order chi connectivity index (χ0) is 17.0. The van der Waals surface area contributed by atoms with Gasteiger partial charge in [-0.2, -0.15) is 0 Å². The summed E-state index contributed by atoms with van der Waals surface area (Å²) in [4.78, 5) is 24.8. The number of nitro groups is 1. The van der Waals surface area contributed by atoms with Crippen molar-refractivity contribution in [2.75, 3.05) is 19.6 Å². The van der Waals surface area contributed by atoms with Gasteiger partial charge in [0.2, 0.25) is 0 Å². The van der Waals surface area contributed by atoms with E-state index >= 15 is 0 Å². The molecule has 23 heavy (non-hydrogen) atoms. The summed E-state index contributed by atoms with van der Waals surface area (Å²) >= 11 is 0. The predicted molar refractivity (Wildman–Crippen MR) is 86.4 cm³/mol. The van der Waals surface area contributed by atoms with Crippen molar-refractivity contribution in [3.63, 3.8) is 0 Å². The summed E-state index contributed by atoms with van der Waals surface area (Å²) in [6.45, 7) is 7.27. The molecular weight excluding hydrogens is 298 g/mol. The average Bonchev–Trinajstić information content (AvgIpc) is 2.46. The van der Waals surface area contributed by atoms with E-state index in [9.17, 15) is 14.9 Å². The zero-order valence-corrected chi connectivity index (χ0v) is 13.7. The van der Waals surface area contributed by atoms with Crippen LogP contribution in [0.1, 0.15) is 26.3 Å². The van der Waals surface area contributed by atoms with Crippen LogP contribution in [0.25, 0.3) is 0 Å². The molecule has 0 bridgehead atoms. The Kier molecular flexibility index (Phi) is 5.20. The van der Waals surface area contributed by atoms with E-state index < -0.39 is 5.60 Å². The number of nitro benzene ring substituents is 1. The Bertz CT molecular complexity index is 583. The highest BCUT2D eigenvalue weighted by Crippen LogP contribution is 2.22. The molecule has 1 aromatic rings. The largest absolute Gasteiger partial charge is 0.444 e. The van der Waals surface area contributed by atoms with Crippen LogP contribution in [0.2, 0.25) is 0 Å². The van der Waals surface area contributed by atoms with Crippen molar-refractivity contribution in [2.24, 2.45) is 0 Å². The molecule has 1 amide bonds. The molecule has 1 heterocycles. The molecule has 0 radical (unpaired) electrons. The Morgan fingerprint density at radius 1 is 1.43 bits per heavy atom. The normalized spacial score (nSPS) is 18.6. The van der Waals surface area contributed by atoms with E-state index in [1.54, 1.807) is 23.1 Å². The third-order valence-electron chi connectivity index (χ3n) is 3.62. The van der Waals surface area contributed by atoms with Gasteiger partial charge in [0.15, 0.2) is 0 Å². The monoisotopic (exact) mass is 321 g/mol. The topological polar surface area (TPSA) is 84.7 Å². The smallest absolute Gasteiger partial charge is 0.410 e. The van der Waals surface area contributed by atoms with E-state index in [1.165, 1.54) is 6.07 Å². The van der Waals surface area contributed by atoms with Crippen molar-refractivity contribution in [1.29, 1.82) is 0 Å². The van der Waals surface area contributed by atoms with Crippen LogP contribution in [-0.2, 0) is 11.2 Å². The van der Waals surface area contributed by atoms with Gasteiger partial charge in [-0.15, -0.1) is 0 Å². The number of carbonyl (C=O) groups excluding carboxylic acids is 1. The first-order valence-electron chi connectivity index (χ1n) is 7.70. The summed E-state index contributed by atoms with van der Waals surface area (Å²) in [5, 5.41) is 14.4. The molecule has 7 nitrogen and oxygen atoms in total. The maximum atomic E-state index is 12.4. The second-order valence-corrected chi connectivity index (χ2v) is 6.62. The Balaban J connectivity index is 2.16. The molecule has 0 aromatic heterocycles. The van der Waals surface area contributed by atoms with Gasteiger partial charge in [-0.1, -0.05) is 18.2 Å². The highest BCUT2D eigenvalue weighted by molar-refractivity contribution is 5.69. The van der Waals surface area contributed by atoms with Crippen molar-refractivity contribution in [3.05, 3.63) is 39.9 Å². The number of para-hydroxylation sites is 1. The number of ether oxygens (including phenoxy) is 1. The molecule has 2 rings (SSSR count). The fourth-order valence-corrected chi connectivity index (χ4v) is 2.62. The van der Waals surface area contributed by atoms with E-state index in [0.29, 0.717) is 31.6 Å². The van der Waals surface area contributed by atoms with Crippen molar-refractivity contribution >= 4 is 11.8 Å². The molecule has 1 fully saturated rings. The maximum Gasteiger partial charge on any atom is 0.410 e. The van der Waals surface area contributed by atoms with E-state index in [1.807, 2.05) is 20.8 Å². The second-order valence-electron chi connectivity index (χ2n) is 6.62. The van der Waals surface area contributed by atoms with Crippen LogP contribution in [0.4, 0.5) is 10.5 Å². The molecule has 1 aliphatic rings. The van der Waals surface area contributed by atoms with Crippen molar-refractivity contribution in [1.82, 2.24) is 10.2 Å². The molecule has 1 atom stereocenters. The van der Waals surface area contributed by atoms with Crippen LogP contribution < -0.4 is 5.32 Å². The van der Waals surface area contributed by atoms with Crippen LogP contribution in [0.15, 0.2) is 24.3 Å². The second kappa shape index (κ2) is 6.95. The number of nitrogens with one attached hydrogen (secondary N) is 1. The third kappa shape index (κ3) is 4.66. The van der Waals surface area contributed by atoms with Crippen molar-refractivity contribution in [2.45, 2.75) is 38.8 Å². The molecule has 7 heteroatoms. The van der Waals surface area contributed by atoms with Gasteiger partial charge in [-0.3, -0.25) is 10.1 Å². The summed E-state index contributed by atoms with van der Waals surface area (Å²) in [5.74, 6) is 0. The molecule has 0 unspecified atom stereocenters. The maximum absolute atomic E-state index is 12.4. The van der Waals surface area contributed by atoms with Gasteiger partial charge in [0, 0.05) is 37.7 Å². The molecule has 0 spiro atoms. The minimum Gasteiger partial charge on any atom is -0.444 e. The molecule has 1 N–H and O–H groups in total. The number of piperazine rings is 1. The van der Waals surface area contributed by atoms with Crippen LogP contribution in [-0.4, -0.2) is 47.2 Å². The number of hydrogen-bond acceptors (Lipinski definition) is 5. The molecule has 1 aromatic carbocycles. The van der Waals surface area contributed by atoms with Gasteiger partial charge in [0.05, 0.1) is 11.0 Å². The minimum atomic E-state index is -0.564. The zero-order valence-electron chi connectivity index (χ0n) is 13.7. The van der Waals surface area contributed by atoms with E-state index in [4.69, 9.17) is 4.74 Å². The van der Waals surface area contributed by atoms with Crippen LogP contribution in [0, 0.1) is 10.1 Å². The highest BCUT2D eigenvalue weighted by Gasteiger charge is 2.31. The van der Waals surface area contributed by atoms with Gasteiger partial charge in [0.25, 0.3) is 5.69 Å². The molecule has 1 aliphatic heterocycles. The molecule has 0 aliphatic carbocycles. The van der Waals surface area contributed by atoms with Gasteiger partial charge in [-0.05, 0) is 20.8 Å². The Morgan fingerprint density at radius 2 is 2.13 bits per heavy atom. The Hall–Kier alpha value is -2.15. The lowest BCUT2D eigenvalue weighted by Gasteiger charge is -2.37. The summed E-state index contributed by atoms with van der Waals surface area (Å²) in [7, 11) is 0. The van der Waals surface area contributed by atoms with Crippen LogP contribution >= 0.6 is 0 Å². The van der Waals surface area contributed by atoms with Gasteiger partial charge in [0.1, 0.15) is 5.60 Å². The fourth-order valence-electron chi connectivity index (χ4n) is 2.62. The highest BCUT2D eigenvalue weighted by atomic mass is 16.6. The number of nitrogens with zero attached hydrogens (tertiary/aromatic N) is 2. The van der Waals surface area contributed by atoms with Crippen LogP contribution in [0.5, 0.6) is 0 Å². The standard InChI is InChI=1S/C16H23N3O4/c1-16(2,3)23-15(20)18-9-8-17-11-13(18)10-12-6-4-5-7-14(12)19(21)22/h4-7,13,17H,8-11H2,1-3H3/t13-/m0/s1. The Labute approximate surface area is 135 Å². The quantitative estimate of drug-likeness (QED) is 0.682. The number of carbonyl (C=O) groups is 1. The van der Waals surface area contributed by atoms with Gasteiger partial charge in [-0.25, -0.2) is 4.79 Å². The lowest BCUT2D eigenvalue weighted by atomic mass is 10.0. The number of hydrogen-bond donors (Lipinski definition) is 1. The first-order chi connectivity index (χ1) is 10.8. The van der Waals surface area contributed by atoms with Gasteiger partial charge >= 0.3 is 6.09 Å². The summed E-state index contributed by atoms with van der Waals surface area (Å²) in [6.07, 6.45) is 0.0474. The minimum absolute atomic E-state index is 0.0854. The fraction of sp³-hybridized carbons (Fsp3) is 0.562. The third-order valence-corrected chi connectivity index (χ3v) is 3.62. The predicted octanol–water partition coefficient (Wildman–Crippen LogP) is 2.35. The van der Waals surface area contributed by atoms with E-state index in [0.717, 1.165) is 0 Å². The van der Waals surface area contributed by atoms with Crippen molar-refractivity contribution < 1.29 is 14.5 Å². The lowest BCUT2D eigenvalue weighted by Crippen LogP contribution is -2.55. The lowest BCUT2D eigenvalue weighted by molar-refractivity contribution is -0.385. The average molecular weight is 321 g/mol. The number of rotatable bonds is 3. The SMILES string of the molecule is CC(C)(C)OC(=O)N1CCNC[C@@H]1Cc1ccccc1[N+](=O)[O-]. The molecule has 0 saturated carbocycles. The van der Waals surface area contributed by atoms with E-state index in [2.05, 4.69) is 5.32 Å². The molecule has 1 saturated heterocycles. The molecule has 126 valence electrons. The van der Waals surface area contributed by atoms with Gasteiger partial charge < -0.3 is 15.0 Å². The van der Waals surface area contributed by atoms with Crippen molar-refractivity contribution in [3.8, 4) is 0 Å².